The molecule has 0 N–H and O–H groups in total. The van der Waals surface area contributed by atoms with E-state index in [2.05, 4.69) is 12.1 Å². The van der Waals surface area contributed by atoms with Crippen molar-refractivity contribution < 1.29 is 19.2 Å². The molecule has 4 aromatic rings. The SMILES string of the molecule is Cc1ccc(C(=O)N2CCN(C(=O)C3(c4cccc(Cl)c4)CC3)CC2)s1.O=C(c1ccccc1)N1CCN(C(=O)C2(c3ccccc3)CC2)CC1. The maximum Gasteiger partial charge on any atom is 0.264 e. The first-order valence-corrected chi connectivity index (χ1v) is 19.0. The number of hydrogen-bond acceptors (Lipinski definition) is 5. The molecule has 3 aromatic carbocycles. The molecule has 10 heteroatoms. The summed E-state index contributed by atoms with van der Waals surface area (Å²) in [5.74, 6) is 0.535. The maximum absolute atomic E-state index is 13.1. The van der Waals surface area contributed by atoms with Crippen LogP contribution in [0.3, 0.4) is 0 Å². The highest BCUT2D eigenvalue weighted by Gasteiger charge is 2.54. The van der Waals surface area contributed by atoms with E-state index in [1.165, 1.54) is 11.3 Å². The number of piperazine rings is 2. The number of carbonyl (C=O) groups excluding carboxylic acids is 4. The highest BCUT2D eigenvalue weighted by molar-refractivity contribution is 7.13. The van der Waals surface area contributed by atoms with Gasteiger partial charge in [0.15, 0.2) is 0 Å². The van der Waals surface area contributed by atoms with Crippen LogP contribution in [-0.2, 0) is 20.4 Å². The molecule has 264 valence electrons. The minimum absolute atomic E-state index is 0.0527. The van der Waals surface area contributed by atoms with Crippen molar-refractivity contribution in [1.29, 1.82) is 0 Å². The van der Waals surface area contributed by atoms with Crippen LogP contribution in [0.2, 0.25) is 5.02 Å². The summed E-state index contributed by atoms with van der Waals surface area (Å²) in [7, 11) is 0. The Morgan fingerprint density at radius 1 is 0.549 bits per heavy atom. The van der Waals surface area contributed by atoms with Gasteiger partial charge >= 0.3 is 0 Å². The van der Waals surface area contributed by atoms with Gasteiger partial charge in [-0.3, -0.25) is 19.2 Å². The zero-order valence-electron chi connectivity index (χ0n) is 28.9. The summed E-state index contributed by atoms with van der Waals surface area (Å²) in [6, 6.07) is 30.9. The Labute approximate surface area is 308 Å². The molecule has 8 nitrogen and oxygen atoms in total. The van der Waals surface area contributed by atoms with Crippen LogP contribution in [0, 0.1) is 6.92 Å². The molecule has 0 bridgehead atoms. The third-order valence-electron chi connectivity index (χ3n) is 10.7. The summed E-state index contributed by atoms with van der Waals surface area (Å²) >= 11 is 7.64. The summed E-state index contributed by atoms with van der Waals surface area (Å²) in [4.78, 5) is 60.8. The Kier molecular flexibility index (Phi) is 10.0. The van der Waals surface area contributed by atoms with E-state index in [0.29, 0.717) is 62.9 Å². The topological polar surface area (TPSA) is 81.2 Å². The summed E-state index contributed by atoms with van der Waals surface area (Å²) in [5, 5.41) is 0.670. The molecule has 2 aliphatic carbocycles. The molecular weight excluding hydrogens is 680 g/mol. The number of halogens is 1. The van der Waals surface area contributed by atoms with Crippen molar-refractivity contribution in [2.75, 3.05) is 52.4 Å². The van der Waals surface area contributed by atoms with Crippen LogP contribution < -0.4 is 0 Å². The Hall–Kier alpha value is -4.47. The average molecular weight is 723 g/mol. The normalized spacial score (nSPS) is 18.7. The standard InChI is InChI=1S/C21H22N2O2.C20H21ClN2O2S/c24-19(17-7-3-1-4-8-17)22-13-15-23(16-14-22)20(25)21(11-12-21)18-9-5-2-6-10-18;1-14-5-6-17(26-14)18(24)22-9-11-23(12-10-22)19(25)20(7-8-20)15-3-2-4-16(21)13-15/h1-10H,11-16H2;2-6,13H,7-12H2,1H3. The van der Waals surface area contributed by atoms with Gasteiger partial charge in [-0.05, 0) is 80.1 Å². The second-order valence-electron chi connectivity index (χ2n) is 14.0. The molecule has 0 unspecified atom stereocenters. The van der Waals surface area contributed by atoms with Gasteiger partial charge in [-0.15, -0.1) is 11.3 Å². The minimum atomic E-state index is -0.401. The number of carbonyl (C=O) groups is 4. The highest BCUT2D eigenvalue weighted by Crippen LogP contribution is 2.51. The number of benzene rings is 3. The smallest absolute Gasteiger partial charge is 0.264 e. The van der Waals surface area contributed by atoms with Gasteiger partial charge in [-0.1, -0.05) is 72.3 Å². The Morgan fingerprint density at radius 3 is 1.51 bits per heavy atom. The molecular formula is C41H43ClN4O4S. The van der Waals surface area contributed by atoms with Gasteiger partial charge < -0.3 is 19.6 Å². The lowest BCUT2D eigenvalue weighted by molar-refractivity contribution is -0.136. The fraction of sp³-hybridized carbons (Fsp3) is 0.366. The van der Waals surface area contributed by atoms with Gasteiger partial charge in [0.1, 0.15) is 0 Å². The zero-order chi connectivity index (χ0) is 35.6. The maximum atomic E-state index is 13.1. The molecule has 2 saturated carbocycles. The van der Waals surface area contributed by atoms with E-state index in [0.717, 1.165) is 46.6 Å². The predicted molar refractivity (Wildman–Crippen MR) is 200 cm³/mol. The third-order valence-corrected chi connectivity index (χ3v) is 11.9. The number of rotatable bonds is 6. The highest BCUT2D eigenvalue weighted by atomic mass is 35.5. The van der Waals surface area contributed by atoms with E-state index >= 15 is 0 Å². The first kappa shape index (κ1) is 35.0. The van der Waals surface area contributed by atoms with Gasteiger partial charge in [0.05, 0.1) is 15.7 Å². The lowest BCUT2D eigenvalue weighted by Crippen LogP contribution is -2.53. The van der Waals surface area contributed by atoms with Crippen molar-refractivity contribution in [3.8, 4) is 0 Å². The predicted octanol–water partition coefficient (Wildman–Crippen LogP) is 6.43. The van der Waals surface area contributed by atoms with Gasteiger partial charge in [0.2, 0.25) is 11.8 Å². The third kappa shape index (κ3) is 7.32. The summed E-state index contributed by atoms with van der Waals surface area (Å²) < 4.78 is 0. The van der Waals surface area contributed by atoms with E-state index in [4.69, 9.17) is 11.6 Å². The summed E-state index contributed by atoms with van der Waals surface area (Å²) in [6.07, 6.45) is 3.61. The van der Waals surface area contributed by atoms with Gasteiger partial charge in [0, 0.05) is 67.8 Å². The molecule has 8 rings (SSSR count). The lowest BCUT2D eigenvalue weighted by atomic mass is 9.94. The van der Waals surface area contributed by atoms with Crippen LogP contribution in [0.15, 0.2) is 97.1 Å². The van der Waals surface area contributed by atoms with Crippen molar-refractivity contribution in [2.24, 2.45) is 0 Å². The first-order valence-electron chi connectivity index (χ1n) is 17.8. The van der Waals surface area contributed by atoms with Crippen LogP contribution in [0.1, 0.15) is 61.7 Å². The van der Waals surface area contributed by atoms with Gasteiger partial charge in [-0.2, -0.15) is 0 Å². The molecule has 0 atom stereocenters. The van der Waals surface area contributed by atoms with Gasteiger partial charge in [-0.25, -0.2) is 0 Å². The number of thiophene rings is 1. The molecule has 2 aliphatic heterocycles. The average Bonchev–Trinajstić information content (AvgIpc) is 4.12. The van der Waals surface area contributed by atoms with Crippen molar-refractivity contribution in [1.82, 2.24) is 19.6 Å². The summed E-state index contributed by atoms with van der Waals surface area (Å²) in [5.41, 5.74) is 2.14. The molecule has 4 amide bonds. The monoisotopic (exact) mass is 722 g/mol. The van der Waals surface area contributed by atoms with E-state index in [9.17, 15) is 19.2 Å². The molecule has 4 aliphatic rings. The van der Waals surface area contributed by atoms with Crippen molar-refractivity contribution in [3.63, 3.8) is 0 Å². The van der Waals surface area contributed by atoms with Crippen molar-refractivity contribution >= 4 is 46.6 Å². The number of aryl methyl sites for hydroxylation is 1. The second-order valence-corrected chi connectivity index (χ2v) is 15.7. The van der Waals surface area contributed by atoms with E-state index in [-0.39, 0.29) is 29.0 Å². The Morgan fingerprint density at radius 2 is 1.02 bits per heavy atom. The van der Waals surface area contributed by atoms with Crippen molar-refractivity contribution in [3.05, 3.63) is 129 Å². The van der Waals surface area contributed by atoms with Gasteiger partial charge in [0.25, 0.3) is 11.8 Å². The number of nitrogens with zero attached hydrogens (tertiary/aromatic N) is 4. The molecule has 4 fully saturated rings. The Balaban J connectivity index is 0.000000159. The quantitative estimate of drug-likeness (QED) is 0.230. The minimum Gasteiger partial charge on any atom is -0.338 e. The van der Waals surface area contributed by atoms with E-state index < -0.39 is 5.41 Å². The van der Waals surface area contributed by atoms with Crippen LogP contribution in [0.4, 0.5) is 0 Å². The van der Waals surface area contributed by atoms with Crippen LogP contribution in [-0.4, -0.2) is 95.6 Å². The molecule has 51 heavy (non-hydrogen) atoms. The Bertz CT molecular complexity index is 1890. The van der Waals surface area contributed by atoms with E-state index in [1.807, 2.05) is 111 Å². The summed E-state index contributed by atoms with van der Waals surface area (Å²) in [6.45, 7) is 6.81. The zero-order valence-corrected chi connectivity index (χ0v) is 30.5. The van der Waals surface area contributed by atoms with Crippen molar-refractivity contribution in [2.45, 2.75) is 43.4 Å². The fourth-order valence-corrected chi connectivity index (χ4v) is 8.37. The first-order chi connectivity index (χ1) is 24.7. The lowest BCUT2D eigenvalue weighted by Gasteiger charge is -2.36. The van der Waals surface area contributed by atoms with E-state index in [1.54, 1.807) is 0 Å². The molecule has 1 aromatic heterocycles. The molecule has 0 radical (unpaired) electrons. The van der Waals surface area contributed by atoms with Crippen LogP contribution in [0.25, 0.3) is 0 Å². The molecule has 3 heterocycles. The second kappa shape index (κ2) is 14.6. The molecule has 2 saturated heterocycles. The fourth-order valence-electron chi connectivity index (χ4n) is 7.34. The van der Waals surface area contributed by atoms with Crippen LogP contribution >= 0.6 is 22.9 Å². The van der Waals surface area contributed by atoms with Crippen LogP contribution in [0.5, 0.6) is 0 Å². The largest absolute Gasteiger partial charge is 0.338 e. The molecule has 0 spiro atoms. The number of hydrogen-bond donors (Lipinski definition) is 0. The number of amides is 4.